The number of benzene rings is 12. The predicted molar refractivity (Wildman–Crippen MR) is 332 cm³/mol. The van der Waals surface area contributed by atoms with Gasteiger partial charge in [-0.1, -0.05) is 182 Å². The Balaban J connectivity index is 0.733. The van der Waals surface area contributed by atoms with E-state index in [4.69, 9.17) is 0 Å². The lowest BCUT2D eigenvalue weighted by atomic mass is 10.0. The molecule has 0 bridgehead atoms. The SMILES string of the molecule is Cc1ccccc1-c1cccc(Nc2ccc(-c3ccc(N(c4ccccc4)c4ccc(-c5ccc(N(c6ccccc6)c6ccc(-c7ccc(Nc8cccc(-c9ccccc9C)c8)cc7)cc6)cc5)cc4)cc3)cc2)c1. The summed E-state index contributed by atoms with van der Waals surface area (Å²) >= 11 is 0. The van der Waals surface area contributed by atoms with Gasteiger partial charge in [0.05, 0.1) is 0 Å². The number of anilines is 10. The third kappa shape index (κ3) is 10.8. The molecule has 0 unspecified atom stereocenters. The molecule has 0 atom stereocenters. The van der Waals surface area contributed by atoms with Gasteiger partial charge in [0.2, 0.25) is 0 Å². The molecule has 0 aliphatic rings. The zero-order chi connectivity index (χ0) is 52.6. The maximum atomic E-state index is 3.61. The van der Waals surface area contributed by atoms with E-state index >= 15 is 0 Å². The van der Waals surface area contributed by atoms with Gasteiger partial charge in [-0.05, 0) is 202 Å². The number of rotatable bonds is 15. The van der Waals surface area contributed by atoms with E-state index in [1.165, 1.54) is 33.4 Å². The normalized spacial score (nSPS) is 10.9. The van der Waals surface area contributed by atoms with Crippen LogP contribution in [0, 0.1) is 13.8 Å². The maximum Gasteiger partial charge on any atom is 0.0462 e. The Labute approximate surface area is 458 Å². The molecule has 2 N–H and O–H groups in total. The van der Waals surface area contributed by atoms with Crippen LogP contribution in [0.3, 0.4) is 0 Å². The summed E-state index contributed by atoms with van der Waals surface area (Å²) in [4.78, 5) is 4.63. The highest BCUT2D eigenvalue weighted by molar-refractivity contribution is 5.83. The van der Waals surface area contributed by atoms with E-state index in [0.29, 0.717) is 0 Å². The van der Waals surface area contributed by atoms with Gasteiger partial charge in [0.1, 0.15) is 0 Å². The third-order valence-corrected chi connectivity index (χ3v) is 14.5. The molecule has 0 amide bonds. The maximum absolute atomic E-state index is 3.61. The summed E-state index contributed by atoms with van der Waals surface area (Å²) in [5.74, 6) is 0. The molecule has 12 aromatic rings. The summed E-state index contributed by atoms with van der Waals surface area (Å²) < 4.78 is 0. The van der Waals surface area contributed by atoms with Gasteiger partial charge in [-0.2, -0.15) is 0 Å². The fourth-order valence-electron chi connectivity index (χ4n) is 10.4. The highest BCUT2D eigenvalue weighted by Gasteiger charge is 2.16. The van der Waals surface area contributed by atoms with Crippen molar-refractivity contribution in [3.05, 3.63) is 314 Å². The van der Waals surface area contributed by atoms with Crippen molar-refractivity contribution in [1.82, 2.24) is 0 Å². The van der Waals surface area contributed by atoms with Crippen LogP contribution < -0.4 is 20.4 Å². The van der Waals surface area contributed by atoms with Crippen LogP contribution in [0.4, 0.5) is 56.9 Å². The average Bonchev–Trinajstić information content (AvgIpc) is 3.53. The van der Waals surface area contributed by atoms with Crippen LogP contribution in [0.15, 0.2) is 303 Å². The molecule has 0 aromatic heterocycles. The van der Waals surface area contributed by atoms with Crippen molar-refractivity contribution >= 4 is 56.9 Å². The Morgan fingerprint density at radius 2 is 0.474 bits per heavy atom. The lowest BCUT2D eigenvalue weighted by Gasteiger charge is -2.26. The summed E-state index contributed by atoms with van der Waals surface area (Å²) in [6.45, 7) is 4.32. The van der Waals surface area contributed by atoms with Crippen LogP contribution in [0.2, 0.25) is 0 Å². The lowest BCUT2D eigenvalue weighted by molar-refractivity contribution is 1.28. The molecule has 78 heavy (non-hydrogen) atoms. The minimum absolute atomic E-state index is 1.05. The Hall–Kier alpha value is -10.2. The highest BCUT2D eigenvalue weighted by Crippen LogP contribution is 2.40. The van der Waals surface area contributed by atoms with Crippen molar-refractivity contribution in [3.8, 4) is 55.6 Å². The van der Waals surface area contributed by atoms with Crippen molar-refractivity contribution in [1.29, 1.82) is 0 Å². The van der Waals surface area contributed by atoms with Gasteiger partial charge in [-0.15, -0.1) is 0 Å². The van der Waals surface area contributed by atoms with Crippen LogP contribution in [0.1, 0.15) is 11.1 Å². The van der Waals surface area contributed by atoms with Crippen LogP contribution in [-0.2, 0) is 0 Å². The molecule has 12 rings (SSSR count). The molecule has 0 aliphatic carbocycles. The summed E-state index contributed by atoms with van der Waals surface area (Å²) in [6, 6.07) is 108. The van der Waals surface area contributed by atoms with Gasteiger partial charge in [0, 0.05) is 56.9 Å². The molecule has 4 nitrogen and oxygen atoms in total. The second-order valence-electron chi connectivity index (χ2n) is 19.7. The van der Waals surface area contributed by atoms with Gasteiger partial charge in [-0.3, -0.25) is 0 Å². The first-order valence-corrected chi connectivity index (χ1v) is 26.6. The fraction of sp³-hybridized carbons (Fsp3) is 0.0270. The van der Waals surface area contributed by atoms with Crippen LogP contribution in [0.5, 0.6) is 0 Å². The molecule has 4 heteroatoms. The molecule has 0 heterocycles. The molecule has 0 saturated carbocycles. The molecule has 12 aromatic carbocycles. The second kappa shape index (κ2) is 22.4. The minimum atomic E-state index is 1.05. The van der Waals surface area contributed by atoms with Gasteiger partial charge in [0.15, 0.2) is 0 Å². The first-order valence-electron chi connectivity index (χ1n) is 26.6. The predicted octanol–water partition coefficient (Wildman–Crippen LogP) is 21.1. The van der Waals surface area contributed by atoms with Gasteiger partial charge in [-0.25, -0.2) is 0 Å². The van der Waals surface area contributed by atoms with E-state index in [1.54, 1.807) is 0 Å². The average molecular weight is 1000 g/mol. The molecule has 0 aliphatic heterocycles. The molecule has 0 fully saturated rings. The fourth-order valence-corrected chi connectivity index (χ4v) is 10.4. The largest absolute Gasteiger partial charge is 0.356 e. The Bertz CT molecular complexity index is 3670. The van der Waals surface area contributed by atoms with E-state index in [2.05, 4.69) is 338 Å². The Morgan fingerprint density at radius 3 is 0.782 bits per heavy atom. The van der Waals surface area contributed by atoms with Crippen LogP contribution in [-0.4, -0.2) is 0 Å². The number of hydrogen-bond donors (Lipinski definition) is 2. The number of nitrogens with one attached hydrogen (secondary N) is 2. The van der Waals surface area contributed by atoms with Crippen molar-refractivity contribution in [2.45, 2.75) is 13.8 Å². The van der Waals surface area contributed by atoms with Gasteiger partial charge in [0.25, 0.3) is 0 Å². The monoisotopic (exact) mass is 1000 g/mol. The van der Waals surface area contributed by atoms with Crippen LogP contribution in [0.25, 0.3) is 55.6 Å². The summed E-state index contributed by atoms with van der Waals surface area (Å²) in [7, 11) is 0. The number of para-hydroxylation sites is 2. The molecule has 0 spiro atoms. The molecule has 374 valence electrons. The van der Waals surface area contributed by atoms with Crippen molar-refractivity contribution in [2.24, 2.45) is 0 Å². The van der Waals surface area contributed by atoms with Gasteiger partial charge >= 0.3 is 0 Å². The topological polar surface area (TPSA) is 30.5 Å². The summed E-state index contributed by atoms with van der Waals surface area (Å²) in [5, 5.41) is 7.22. The molecule has 0 saturated heterocycles. The number of nitrogens with zero attached hydrogens (tertiary/aromatic N) is 2. The second-order valence-corrected chi connectivity index (χ2v) is 19.7. The summed E-state index contributed by atoms with van der Waals surface area (Å²) in [6.07, 6.45) is 0. The summed E-state index contributed by atoms with van der Waals surface area (Å²) in [5.41, 5.74) is 25.2. The zero-order valence-electron chi connectivity index (χ0n) is 43.8. The molecular weight excluding hydrogens is 945 g/mol. The Kier molecular flexibility index (Phi) is 14.0. The standard InChI is InChI=1S/C74H58N4/c1-53-15-9-11-25-73(53)61-17-13-19-65(51-61)75-63-39-27-55(28-40-63)57-31-43-69(44-32-57)77(67-21-5-3-6-22-67)71-47-35-59(36-48-71)60-37-49-72(50-38-60)78(68-23-7-4-8-24-68)70-45-33-58(34-46-70)56-29-41-64(42-30-56)76-66-20-14-18-62(52-66)74-26-12-10-16-54(74)2/h3-52,75-76H,1-2H3. The van der Waals surface area contributed by atoms with Crippen molar-refractivity contribution < 1.29 is 0 Å². The van der Waals surface area contributed by atoms with E-state index < -0.39 is 0 Å². The number of hydrogen-bond acceptors (Lipinski definition) is 4. The van der Waals surface area contributed by atoms with Crippen molar-refractivity contribution in [2.75, 3.05) is 20.4 Å². The zero-order valence-corrected chi connectivity index (χ0v) is 43.8. The molecule has 0 radical (unpaired) electrons. The van der Waals surface area contributed by atoms with E-state index in [-0.39, 0.29) is 0 Å². The smallest absolute Gasteiger partial charge is 0.0462 e. The lowest BCUT2D eigenvalue weighted by Crippen LogP contribution is -2.10. The minimum Gasteiger partial charge on any atom is -0.356 e. The Morgan fingerprint density at radius 1 is 0.205 bits per heavy atom. The first-order chi connectivity index (χ1) is 38.5. The highest BCUT2D eigenvalue weighted by atomic mass is 15.1. The third-order valence-electron chi connectivity index (χ3n) is 14.5. The quantitative estimate of drug-likeness (QED) is 0.107. The number of aryl methyl sites for hydroxylation is 2. The van der Waals surface area contributed by atoms with E-state index in [9.17, 15) is 0 Å². The molecular formula is C74H58N4. The van der Waals surface area contributed by atoms with Crippen LogP contribution >= 0.6 is 0 Å². The van der Waals surface area contributed by atoms with E-state index in [0.717, 1.165) is 90.3 Å². The first kappa shape index (κ1) is 48.8. The van der Waals surface area contributed by atoms with Gasteiger partial charge < -0.3 is 20.4 Å². The van der Waals surface area contributed by atoms with E-state index in [1.807, 2.05) is 0 Å². The van der Waals surface area contributed by atoms with Crippen molar-refractivity contribution in [3.63, 3.8) is 0 Å².